The minimum atomic E-state index is -4.95. The topological polar surface area (TPSA) is 237 Å². The predicted octanol–water partition coefficient (Wildman–Crippen LogP) is 20.2. The van der Waals surface area contributed by atoms with Gasteiger partial charge in [0.15, 0.2) is 12.2 Å². The van der Waals surface area contributed by atoms with Crippen molar-refractivity contribution in [2.75, 3.05) is 39.6 Å². The average molecular weight is 1330 g/mol. The molecule has 0 saturated heterocycles. The standard InChI is InChI=1S/C71H138O17P2/c1-8-10-11-12-13-31-38-45-52-68(73)81-58-66(88-71(76)55-48-41-34-27-26-30-37-44-51-64(7)9-2)60-85-89(77,78)83-56-65(72)57-84-90(79,80)86-61-67(87-70(75)54-47-40-33-25-21-17-15-19-23-29-36-43-50-63(5)6)59-82-69(74)53-46-39-32-24-20-16-14-18-22-28-35-42-49-62(3)4/h62-67,72H,8-61H2,1-7H3,(H,77,78)(H,79,80)/t64?,65-,66+,67+/m0/s1. The van der Waals surface area contributed by atoms with Crippen LogP contribution in [0.1, 0.15) is 357 Å². The van der Waals surface area contributed by atoms with E-state index in [0.29, 0.717) is 25.7 Å². The van der Waals surface area contributed by atoms with Gasteiger partial charge in [-0.1, -0.05) is 305 Å². The quantitative estimate of drug-likeness (QED) is 0.0222. The first kappa shape index (κ1) is 88.1. The van der Waals surface area contributed by atoms with Crippen LogP contribution in [-0.2, 0) is 65.4 Å². The predicted molar refractivity (Wildman–Crippen MR) is 363 cm³/mol. The second kappa shape index (κ2) is 61.9. The van der Waals surface area contributed by atoms with Gasteiger partial charge in [-0.25, -0.2) is 9.13 Å². The number of hydrogen-bond donors (Lipinski definition) is 3. The third kappa shape index (κ3) is 63.5. The van der Waals surface area contributed by atoms with E-state index in [-0.39, 0.29) is 25.7 Å². The maximum atomic E-state index is 13.0. The number of phosphoric ester groups is 2. The van der Waals surface area contributed by atoms with Crippen molar-refractivity contribution in [2.24, 2.45) is 17.8 Å². The van der Waals surface area contributed by atoms with Crippen molar-refractivity contribution >= 4 is 39.5 Å². The Labute approximate surface area is 549 Å². The number of hydrogen-bond acceptors (Lipinski definition) is 15. The van der Waals surface area contributed by atoms with Crippen LogP contribution in [0.4, 0.5) is 0 Å². The molecule has 19 heteroatoms. The maximum absolute atomic E-state index is 13.0. The summed E-state index contributed by atoms with van der Waals surface area (Å²) in [6.45, 7) is 11.9. The van der Waals surface area contributed by atoms with Crippen LogP contribution in [0.15, 0.2) is 0 Å². The van der Waals surface area contributed by atoms with Crippen molar-refractivity contribution in [3.05, 3.63) is 0 Å². The Morgan fingerprint density at radius 2 is 0.567 bits per heavy atom. The van der Waals surface area contributed by atoms with Crippen LogP contribution < -0.4 is 0 Å². The summed E-state index contributed by atoms with van der Waals surface area (Å²) < 4.78 is 68.3. The van der Waals surface area contributed by atoms with Crippen LogP contribution in [0, 0.1) is 17.8 Å². The summed E-state index contributed by atoms with van der Waals surface area (Å²) in [5, 5.41) is 10.6. The van der Waals surface area contributed by atoms with Gasteiger partial charge in [0.1, 0.15) is 19.3 Å². The van der Waals surface area contributed by atoms with Gasteiger partial charge in [0.25, 0.3) is 0 Å². The number of phosphoric acid groups is 2. The van der Waals surface area contributed by atoms with Crippen molar-refractivity contribution in [1.82, 2.24) is 0 Å². The molecule has 3 unspecified atom stereocenters. The monoisotopic (exact) mass is 1320 g/mol. The molecule has 17 nitrogen and oxygen atoms in total. The Hall–Kier alpha value is -1.94. The van der Waals surface area contributed by atoms with E-state index in [1.165, 1.54) is 161 Å². The highest BCUT2D eigenvalue weighted by Gasteiger charge is 2.30. The summed E-state index contributed by atoms with van der Waals surface area (Å²) in [6.07, 6.45) is 45.7. The summed E-state index contributed by atoms with van der Waals surface area (Å²) in [7, 11) is -9.90. The maximum Gasteiger partial charge on any atom is 0.472 e. The summed E-state index contributed by atoms with van der Waals surface area (Å²) in [5.41, 5.74) is 0. The Morgan fingerprint density at radius 3 is 0.844 bits per heavy atom. The van der Waals surface area contributed by atoms with E-state index < -0.39 is 97.5 Å². The molecule has 0 aliphatic carbocycles. The van der Waals surface area contributed by atoms with Crippen molar-refractivity contribution in [2.45, 2.75) is 375 Å². The average Bonchev–Trinajstić information content (AvgIpc) is 3.61. The molecule has 0 spiro atoms. The number of esters is 4. The van der Waals surface area contributed by atoms with E-state index in [1.54, 1.807) is 0 Å². The minimum Gasteiger partial charge on any atom is -0.462 e. The number of aliphatic hydroxyl groups excluding tert-OH is 1. The van der Waals surface area contributed by atoms with E-state index in [2.05, 4.69) is 48.5 Å². The fraction of sp³-hybridized carbons (Fsp3) is 0.944. The molecule has 0 heterocycles. The minimum absolute atomic E-state index is 0.105. The molecule has 0 aromatic heterocycles. The summed E-state index contributed by atoms with van der Waals surface area (Å²) in [5.74, 6) is 0.201. The van der Waals surface area contributed by atoms with Gasteiger partial charge in [0.2, 0.25) is 0 Å². The van der Waals surface area contributed by atoms with Crippen LogP contribution in [-0.4, -0.2) is 96.7 Å². The third-order valence-electron chi connectivity index (χ3n) is 16.7. The van der Waals surface area contributed by atoms with Gasteiger partial charge in [0, 0.05) is 25.7 Å². The number of carbonyl (C=O) groups excluding carboxylic acids is 4. The molecule has 0 saturated carbocycles. The number of aliphatic hydroxyl groups is 1. The Bertz CT molecular complexity index is 1770. The molecular weight excluding hydrogens is 1190 g/mol. The molecule has 0 radical (unpaired) electrons. The molecule has 3 N–H and O–H groups in total. The molecule has 0 fully saturated rings. The van der Waals surface area contributed by atoms with Gasteiger partial charge >= 0.3 is 39.5 Å². The van der Waals surface area contributed by atoms with Crippen LogP contribution >= 0.6 is 15.6 Å². The molecule has 0 aliphatic heterocycles. The van der Waals surface area contributed by atoms with E-state index in [1.807, 2.05) is 0 Å². The lowest BCUT2D eigenvalue weighted by atomic mass is 9.99. The molecule has 0 rings (SSSR count). The van der Waals surface area contributed by atoms with Gasteiger partial charge in [-0.05, 0) is 43.4 Å². The molecule has 6 atom stereocenters. The van der Waals surface area contributed by atoms with Crippen LogP contribution in [0.25, 0.3) is 0 Å². The zero-order chi connectivity index (χ0) is 66.6. The first-order chi connectivity index (χ1) is 43.3. The normalized spacial score (nSPS) is 14.5. The molecule has 0 bridgehead atoms. The molecule has 534 valence electrons. The van der Waals surface area contributed by atoms with Crippen LogP contribution in [0.5, 0.6) is 0 Å². The highest BCUT2D eigenvalue weighted by Crippen LogP contribution is 2.45. The molecule has 90 heavy (non-hydrogen) atoms. The lowest BCUT2D eigenvalue weighted by molar-refractivity contribution is -0.161. The second-order valence-electron chi connectivity index (χ2n) is 26.8. The molecule has 0 aliphatic rings. The number of ether oxygens (including phenoxy) is 4. The highest BCUT2D eigenvalue weighted by molar-refractivity contribution is 7.47. The Kier molecular flexibility index (Phi) is 60.6. The van der Waals surface area contributed by atoms with E-state index >= 15 is 0 Å². The van der Waals surface area contributed by atoms with Gasteiger partial charge in [0.05, 0.1) is 26.4 Å². The van der Waals surface area contributed by atoms with Crippen molar-refractivity contribution < 1.29 is 80.2 Å². The summed E-state index contributed by atoms with van der Waals surface area (Å²) in [6, 6.07) is 0. The Balaban J connectivity index is 5.24. The van der Waals surface area contributed by atoms with Crippen molar-refractivity contribution in [3.63, 3.8) is 0 Å². The second-order valence-corrected chi connectivity index (χ2v) is 29.7. The highest BCUT2D eigenvalue weighted by atomic mass is 31.2. The largest absolute Gasteiger partial charge is 0.472 e. The lowest BCUT2D eigenvalue weighted by Gasteiger charge is -2.21. The number of unbranched alkanes of at least 4 members (excludes halogenated alkanes) is 36. The zero-order valence-corrected chi connectivity index (χ0v) is 60.4. The van der Waals surface area contributed by atoms with Crippen molar-refractivity contribution in [3.8, 4) is 0 Å². The van der Waals surface area contributed by atoms with E-state index in [4.69, 9.17) is 37.0 Å². The SMILES string of the molecule is CCCCCCCCCCC(=O)OC[C@H](COP(=O)(O)OC[C@H](O)COP(=O)(O)OC[C@@H](COC(=O)CCCCCCCCCCCCCCC(C)C)OC(=O)CCCCCCCCCCCCCCC(C)C)OC(=O)CCCCCCCCCCC(C)CC. The van der Waals surface area contributed by atoms with Crippen LogP contribution in [0.3, 0.4) is 0 Å². The first-order valence-corrected chi connectivity index (χ1v) is 39.9. The zero-order valence-electron chi connectivity index (χ0n) is 58.6. The van der Waals surface area contributed by atoms with Gasteiger partial charge in [-0.15, -0.1) is 0 Å². The third-order valence-corrected chi connectivity index (χ3v) is 18.6. The first-order valence-electron chi connectivity index (χ1n) is 36.9. The molecule has 0 aromatic rings. The van der Waals surface area contributed by atoms with E-state index in [0.717, 1.165) is 114 Å². The summed E-state index contributed by atoms with van der Waals surface area (Å²) in [4.78, 5) is 72.5. The fourth-order valence-electron chi connectivity index (χ4n) is 10.7. The van der Waals surface area contributed by atoms with E-state index in [9.17, 15) is 43.2 Å². The Morgan fingerprint density at radius 1 is 0.322 bits per heavy atom. The van der Waals surface area contributed by atoms with Crippen LogP contribution in [0.2, 0.25) is 0 Å². The fourth-order valence-corrected chi connectivity index (χ4v) is 12.3. The van der Waals surface area contributed by atoms with Gasteiger partial charge in [-0.3, -0.25) is 37.3 Å². The lowest BCUT2D eigenvalue weighted by Crippen LogP contribution is -2.30. The molecule has 0 amide bonds. The number of carbonyl (C=O) groups is 4. The van der Waals surface area contributed by atoms with Crippen molar-refractivity contribution in [1.29, 1.82) is 0 Å². The van der Waals surface area contributed by atoms with Gasteiger partial charge in [-0.2, -0.15) is 0 Å². The molecular formula is C71H138O17P2. The molecule has 0 aromatic carbocycles. The summed E-state index contributed by atoms with van der Waals surface area (Å²) >= 11 is 0. The smallest absolute Gasteiger partial charge is 0.462 e. The number of rotatable bonds is 69. The van der Waals surface area contributed by atoms with Gasteiger partial charge < -0.3 is 33.8 Å².